The molecule has 1 heterocycles. The molecule has 5 fully saturated rings. The van der Waals surface area contributed by atoms with E-state index in [2.05, 4.69) is 5.32 Å². The van der Waals surface area contributed by atoms with Crippen molar-refractivity contribution in [2.24, 2.45) is 23.7 Å². The summed E-state index contributed by atoms with van der Waals surface area (Å²) in [5.74, 6) is 2.57. The average molecular weight is 383 g/mol. The van der Waals surface area contributed by atoms with E-state index in [1.165, 1.54) is 19.3 Å². The molecule has 4 saturated carbocycles. The SMILES string of the molecule is CCCCS(=O)(=O)N1CCC[C@H](C(=O)NC23CC4CC(CC(C4)C2)C3)C1. The summed E-state index contributed by atoms with van der Waals surface area (Å²) in [5, 5.41) is 3.45. The fourth-order valence-electron chi connectivity index (χ4n) is 6.49. The lowest BCUT2D eigenvalue weighted by Gasteiger charge is -2.57. The Hall–Kier alpha value is -0.620. The predicted molar refractivity (Wildman–Crippen MR) is 102 cm³/mol. The molecule has 148 valence electrons. The Bertz CT molecular complexity index is 610. The molecule has 5 rings (SSSR count). The van der Waals surface area contributed by atoms with Crippen LogP contribution in [-0.4, -0.2) is 43.0 Å². The number of sulfonamides is 1. The summed E-state index contributed by atoms with van der Waals surface area (Å²) in [6.07, 6.45) is 10.7. The summed E-state index contributed by atoms with van der Waals surface area (Å²) >= 11 is 0. The van der Waals surface area contributed by atoms with Gasteiger partial charge in [-0.15, -0.1) is 0 Å². The van der Waals surface area contributed by atoms with Gasteiger partial charge in [-0.05, 0) is 75.5 Å². The van der Waals surface area contributed by atoms with Crippen LogP contribution < -0.4 is 5.32 Å². The third-order valence-corrected chi connectivity index (χ3v) is 9.25. The van der Waals surface area contributed by atoms with E-state index in [-0.39, 0.29) is 23.1 Å². The summed E-state index contributed by atoms with van der Waals surface area (Å²) in [6, 6.07) is 0. The Labute approximate surface area is 158 Å². The van der Waals surface area contributed by atoms with E-state index in [0.717, 1.165) is 56.3 Å². The molecular weight excluding hydrogens is 348 g/mol. The number of amides is 1. The first-order valence-electron chi connectivity index (χ1n) is 10.7. The Morgan fingerprint density at radius 1 is 1.12 bits per heavy atom. The summed E-state index contributed by atoms with van der Waals surface area (Å²) in [7, 11) is -3.21. The first-order chi connectivity index (χ1) is 12.4. The molecule has 1 N–H and O–H groups in total. The number of carbonyl (C=O) groups is 1. The van der Waals surface area contributed by atoms with Crippen LogP contribution in [0.25, 0.3) is 0 Å². The average Bonchev–Trinajstić information content (AvgIpc) is 2.58. The number of nitrogens with one attached hydrogen (secondary N) is 1. The van der Waals surface area contributed by atoms with E-state index in [1.807, 2.05) is 6.92 Å². The molecule has 5 nitrogen and oxygen atoms in total. The van der Waals surface area contributed by atoms with Crippen LogP contribution in [0.4, 0.5) is 0 Å². The molecule has 4 bridgehead atoms. The van der Waals surface area contributed by atoms with Gasteiger partial charge in [0.2, 0.25) is 15.9 Å². The van der Waals surface area contributed by atoms with Crippen LogP contribution in [0.15, 0.2) is 0 Å². The van der Waals surface area contributed by atoms with Crippen molar-refractivity contribution in [3.05, 3.63) is 0 Å². The zero-order valence-corrected chi connectivity index (χ0v) is 16.9. The molecule has 0 aromatic heterocycles. The van der Waals surface area contributed by atoms with E-state index in [4.69, 9.17) is 0 Å². The number of carbonyl (C=O) groups excluding carboxylic acids is 1. The lowest BCUT2D eigenvalue weighted by Crippen LogP contribution is -2.61. The van der Waals surface area contributed by atoms with Crippen LogP contribution in [0.3, 0.4) is 0 Å². The molecule has 5 aliphatic rings. The third-order valence-electron chi connectivity index (χ3n) is 7.33. The van der Waals surface area contributed by atoms with Gasteiger partial charge in [-0.25, -0.2) is 12.7 Å². The predicted octanol–water partition coefficient (Wildman–Crippen LogP) is 2.91. The first-order valence-corrected chi connectivity index (χ1v) is 12.3. The lowest BCUT2D eigenvalue weighted by molar-refractivity contribution is -0.131. The van der Waals surface area contributed by atoms with Crippen molar-refractivity contribution < 1.29 is 13.2 Å². The van der Waals surface area contributed by atoms with E-state index >= 15 is 0 Å². The number of nitrogens with zero attached hydrogens (tertiary/aromatic N) is 1. The van der Waals surface area contributed by atoms with Crippen molar-refractivity contribution in [3.8, 4) is 0 Å². The fraction of sp³-hybridized carbons (Fsp3) is 0.950. The number of hydrogen-bond acceptors (Lipinski definition) is 3. The number of rotatable bonds is 6. The van der Waals surface area contributed by atoms with Crippen LogP contribution in [-0.2, 0) is 14.8 Å². The van der Waals surface area contributed by atoms with Gasteiger partial charge in [0, 0.05) is 18.6 Å². The highest BCUT2D eigenvalue weighted by Gasteiger charge is 2.52. The molecule has 6 heteroatoms. The van der Waals surface area contributed by atoms with E-state index in [0.29, 0.717) is 19.5 Å². The van der Waals surface area contributed by atoms with Crippen molar-refractivity contribution in [1.29, 1.82) is 0 Å². The smallest absolute Gasteiger partial charge is 0.224 e. The maximum Gasteiger partial charge on any atom is 0.224 e. The summed E-state index contributed by atoms with van der Waals surface area (Å²) in [4.78, 5) is 13.0. The highest BCUT2D eigenvalue weighted by atomic mass is 32.2. The zero-order chi connectivity index (χ0) is 18.4. The van der Waals surface area contributed by atoms with Gasteiger partial charge < -0.3 is 5.32 Å². The summed E-state index contributed by atoms with van der Waals surface area (Å²) in [5.41, 5.74) is 0.0230. The minimum atomic E-state index is -3.21. The van der Waals surface area contributed by atoms with Crippen LogP contribution in [0.2, 0.25) is 0 Å². The Kier molecular flexibility index (Phi) is 5.10. The van der Waals surface area contributed by atoms with Gasteiger partial charge in [-0.2, -0.15) is 0 Å². The van der Waals surface area contributed by atoms with E-state index in [1.54, 1.807) is 4.31 Å². The van der Waals surface area contributed by atoms with Gasteiger partial charge >= 0.3 is 0 Å². The normalized spacial score (nSPS) is 39.9. The quantitative estimate of drug-likeness (QED) is 0.768. The van der Waals surface area contributed by atoms with Gasteiger partial charge in [0.15, 0.2) is 0 Å². The minimum Gasteiger partial charge on any atom is -0.350 e. The van der Waals surface area contributed by atoms with Gasteiger partial charge in [-0.3, -0.25) is 4.79 Å². The number of unbranched alkanes of at least 4 members (excludes halogenated alkanes) is 1. The highest BCUT2D eigenvalue weighted by Crippen LogP contribution is 2.55. The first kappa shape index (κ1) is 18.7. The Morgan fingerprint density at radius 2 is 1.73 bits per heavy atom. The zero-order valence-electron chi connectivity index (χ0n) is 16.1. The van der Waals surface area contributed by atoms with Crippen LogP contribution in [0.5, 0.6) is 0 Å². The Morgan fingerprint density at radius 3 is 2.31 bits per heavy atom. The fourth-order valence-corrected chi connectivity index (χ4v) is 8.22. The van der Waals surface area contributed by atoms with Crippen LogP contribution in [0, 0.1) is 23.7 Å². The minimum absolute atomic E-state index is 0.0230. The largest absolute Gasteiger partial charge is 0.350 e. The molecule has 0 aromatic rings. The molecule has 0 radical (unpaired) electrons. The lowest BCUT2D eigenvalue weighted by atomic mass is 9.53. The molecule has 0 aromatic carbocycles. The molecule has 1 saturated heterocycles. The van der Waals surface area contributed by atoms with Crippen molar-refractivity contribution in [1.82, 2.24) is 9.62 Å². The number of piperidine rings is 1. The summed E-state index contributed by atoms with van der Waals surface area (Å²) in [6.45, 7) is 2.96. The molecule has 1 aliphatic heterocycles. The van der Waals surface area contributed by atoms with Crippen LogP contribution >= 0.6 is 0 Å². The maximum atomic E-state index is 13.0. The van der Waals surface area contributed by atoms with E-state index in [9.17, 15) is 13.2 Å². The second-order valence-electron chi connectivity index (χ2n) is 9.55. The standard InChI is InChI=1S/C20H34N2O3S/c1-2-3-7-26(24,25)22-6-4-5-18(14-22)19(23)21-20-11-15-8-16(12-20)10-17(9-15)13-20/h15-18H,2-14H2,1H3,(H,21,23)/t15?,16?,17?,18-,20?/m0/s1. The second-order valence-corrected chi connectivity index (χ2v) is 11.6. The van der Waals surface area contributed by atoms with Gasteiger partial charge in [0.05, 0.1) is 11.7 Å². The van der Waals surface area contributed by atoms with Crippen molar-refractivity contribution in [2.45, 2.75) is 76.7 Å². The molecule has 0 spiro atoms. The van der Waals surface area contributed by atoms with Gasteiger partial charge in [0.1, 0.15) is 0 Å². The highest BCUT2D eigenvalue weighted by molar-refractivity contribution is 7.89. The molecule has 0 unspecified atom stereocenters. The monoisotopic (exact) mass is 382 g/mol. The topological polar surface area (TPSA) is 66.5 Å². The summed E-state index contributed by atoms with van der Waals surface area (Å²) < 4.78 is 26.6. The maximum absolute atomic E-state index is 13.0. The third kappa shape index (κ3) is 3.68. The van der Waals surface area contributed by atoms with Crippen molar-refractivity contribution in [2.75, 3.05) is 18.8 Å². The van der Waals surface area contributed by atoms with Crippen molar-refractivity contribution in [3.63, 3.8) is 0 Å². The van der Waals surface area contributed by atoms with Gasteiger partial charge in [-0.1, -0.05) is 13.3 Å². The molecule has 1 atom stereocenters. The molecular formula is C20H34N2O3S. The van der Waals surface area contributed by atoms with Gasteiger partial charge in [0.25, 0.3) is 0 Å². The van der Waals surface area contributed by atoms with Crippen LogP contribution in [0.1, 0.15) is 71.1 Å². The molecule has 26 heavy (non-hydrogen) atoms. The van der Waals surface area contributed by atoms with Crippen molar-refractivity contribution >= 4 is 15.9 Å². The Balaban J connectivity index is 1.39. The number of hydrogen-bond donors (Lipinski definition) is 1. The van der Waals surface area contributed by atoms with E-state index < -0.39 is 10.0 Å². The molecule has 1 amide bonds. The second kappa shape index (κ2) is 7.08. The molecule has 4 aliphatic carbocycles.